The maximum Gasteiger partial charge on any atom is 0.215 e. The Labute approximate surface area is 246 Å². The summed E-state index contributed by atoms with van der Waals surface area (Å²) in [6.45, 7) is 11.2. The van der Waals surface area contributed by atoms with E-state index in [-0.39, 0.29) is 0 Å². The normalized spacial score (nSPS) is 14.4. The van der Waals surface area contributed by atoms with Gasteiger partial charge in [-0.15, -0.1) is 0 Å². The summed E-state index contributed by atoms with van der Waals surface area (Å²) in [7, 11) is 0. The van der Waals surface area contributed by atoms with Crippen molar-refractivity contribution in [3.8, 4) is 0 Å². The van der Waals surface area contributed by atoms with Gasteiger partial charge in [0.05, 0.1) is 0 Å². The monoisotopic (exact) mass is 540 g/mol. The van der Waals surface area contributed by atoms with Gasteiger partial charge in [-0.1, -0.05) is 97.3 Å². The summed E-state index contributed by atoms with van der Waals surface area (Å²) in [5, 5.41) is 0. The molecule has 1 aliphatic rings. The van der Waals surface area contributed by atoms with Crippen molar-refractivity contribution in [2.24, 2.45) is 0 Å². The lowest BCUT2D eigenvalue weighted by atomic mass is 9.94. The van der Waals surface area contributed by atoms with Crippen molar-refractivity contribution in [1.82, 2.24) is 0 Å². The summed E-state index contributed by atoms with van der Waals surface area (Å²) in [6, 6.07) is 14.3. The average molecular weight is 541 g/mol. The number of nitrogens with one attached hydrogen (secondary N) is 1. The number of hydrogen-bond acceptors (Lipinski definition) is 0. The first kappa shape index (κ1) is 31.9. The molecule has 0 fully saturated rings. The molecule has 1 heterocycles. The first-order valence-electron chi connectivity index (χ1n) is 16.6. The lowest BCUT2D eigenvalue weighted by Crippen LogP contribution is -2.12. The van der Waals surface area contributed by atoms with Gasteiger partial charge in [0.1, 0.15) is 0 Å². The third-order valence-corrected chi connectivity index (χ3v) is 8.29. The van der Waals surface area contributed by atoms with E-state index in [0.29, 0.717) is 0 Å². The molecule has 0 radical (unpaired) electrons. The molecule has 0 amide bonds. The van der Waals surface area contributed by atoms with Gasteiger partial charge >= 0.3 is 0 Å². The van der Waals surface area contributed by atoms with E-state index in [4.69, 9.17) is 0 Å². The Morgan fingerprint density at radius 2 is 0.925 bits per heavy atom. The Morgan fingerprint density at radius 3 is 1.27 bits per heavy atom. The van der Waals surface area contributed by atoms with Gasteiger partial charge in [-0.3, -0.25) is 0 Å². The fraction of sp³-hybridized carbons (Fsp3) is 0.553. The second kappa shape index (κ2) is 17.3. The van der Waals surface area contributed by atoms with E-state index >= 15 is 0 Å². The SMILES string of the molecule is CC=C1C=C(c2cc(CCCCC)cc(CCCCC)c2)[N+]([NH-])=C1c1cc(CCCCC)cc(CCCCC)c1. The van der Waals surface area contributed by atoms with Crippen molar-refractivity contribution in [3.05, 3.63) is 93.3 Å². The smallest absolute Gasteiger partial charge is 0.215 e. The van der Waals surface area contributed by atoms with E-state index in [1.165, 1.54) is 116 Å². The van der Waals surface area contributed by atoms with Crippen LogP contribution >= 0.6 is 0 Å². The summed E-state index contributed by atoms with van der Waals surface area (Å²) >= 11 is 0. The maximum absolute atomic E-state index is 9.40. The number of aryl methyl sites for hydroxylation is 4. The van der Waals surface area contributed by atoms with Gasteiger partial charge in [0.2, 0.25) is 11.4 Å². The van der Waals surface area contributed by atoms with Crippen molar-refractivity contribution >= 4 is 11.4 Å². The summed E-state index contributed by atoms with van der Waals surface area (Å²) in [5.41, 5.74) is 11.3. The molecule has 3 rings (SSSR count). The predicted octanol–water partition coefficient (Wildman–Crippen LogP) is 11.4. The molecule has 2 heteroatoms. The van der Waals surface area contributed by atoms with Gasteiger partial charge in [0.15, 0.2) is 0 Å². The van der Waals surface area contributed by atoms with Crippen LogP contribution in [-0.4, -0.2) is 10.4 Å². The Morgan fingerprint density at radius 1 is 0.550 bits per heavy atom. The number of nitrogens with zero attached hydrogens (tertiary/aromatic N) is 1. The standard InChI is InChI=1S/C38H56N2/c1-6-11-15-19-30-23-31(20-16-12-7-2)26-35(25-30)37-29-34(10-5)38(40(37)39)36-27-32(21-17-13-8-3)24-33(28-36)22-18-14-9-4/h10,23-29,39H,6-9,11-22H2,1-5H3. The number of allylic oxidation sites excluding steroid dienone is 3. The van der Waals surface area contributed by atoms with Gasteiger partial charge in [-0.2, -0.15) is 0 Å². The number of rotatable bonds is 18. The molecule has 1 N–H and O–H groups in total. The van der Waals surface area contributed by atoms with Crippen molar-refractivity contribution in [1.29, 1.82) is 0 Å². The lowest BCUT2D eigenvalue weighted by molar-refractivity contribution is -0.347. The molecule has 0 bridgehead atoms. The summed E-state index contributed by atoms with van der Waals surface area (Å²) in [6.07, 6.45) is 24.0. The third-order valence-electron chi connectivity index (χ3n) is 8.29. The van der Waals surface area contributed by atoms with Crippen LogP contribution in [0.25, 0.3) is 11.5 Å². The van der Waals surface area contributed by atoms with Crippen LogP contribution < -0.4 is 0 Å². The van der Waals surface area contributed by atoms with E-state index in [1.807, 2.05) is 0 Å². The molecule has 0 atom stereocenters. The summed E-state index contributed by atoms with van der Waals surface area (Å²) < 4.78 is 1.73. The van der Waals surface area contributed by atoms with Crippen LogP contribution in [0.1, 0.15) is 145 Å². The van der Waals surface area contributed by atoms with Crippen LogP contribution in [0.3, 0.4) is 0 Å². The molecule has 0 aromatic heterocycles. The minimum Gasteiger partial charge on any atom is -0.448 e. The predicted molar refractivity (Wildman–Crippen MR) is 176 cm³/mol. The van der Waals surface area contributed by atoms with E-state index in [0.717, 1.165) is 37.1 Å². The fourth-order valence-corrected chi connectivity index (χ4v) is 5.96. The van der Waals surface area contributed by atoms with Crippen LogP contribution in [0.4, 0.5) is 0 Å². The topological polar surface area (TPSA) is 26.8 Å². The zero-order valence-electron chi connectivity index (χ0n) is 26.4. The van der Waals surface area contributed by atoms with Crippen LogP contribution in [0, 0.1) is 0 Å². The highest BCUT2D eigenvalue weighted by atomic mass is 15.3. The van der Waals surface area contributed by atoms with Crippen LogP contribution in [-0.2, 0) is 25.7 Å². The van der Waals surface area contributed by atoms with Crippen LogP contribution in [0.2, 0.25) is 0 Å². The first-order chi connectivity index (χ1) is 19.5. The molecule has 40 heavy (non-hydrogen) atoms. The van der Waals surface area contributed by atoms with Crippen molar-refractivity contribution in [3.63, 3.8) is 0 Å². The van der Waals surface area contributed by atoms with Gasteiger partial charge in [0, 0.05) is 22.8 Å². The first-order valence-corrected chi connectivity index (χ1v) is 16.6. The van der Waals surface area contributed by atoms with Crippen LogP contribution in [0.5, 0.6) is 0 Å². The van der Waals surface area contributed by atoms with Gasteiger partial charge < -0.3 is 5.84 Å². The second-order valence-electron chi connectivity index (χ2n) is 11.9. The molecule has 2 aromatic carbocycles. The molecule has 0 aliphatic carbocycles. The molecule has 1 aliphatic heterocycles. The zero-order valence-corrected chi connectivity index (χ0v) is 26.4. The van der Waals surface area contributed by atoms with Crippen molar-refractivity contribution in [2.75, 3.05) is 0 Å². The molecule has 218 valence electrons. The highest BCUT2D eigenvalue weighted by Gasteiger charge is 2.28. The summed E-state index contributed by atoms with van der Waals surface area (Å²) in [4.78, 5) is 0. The highest BCUT2D eigenvalue weighted by molar-refractivity contribution is 6.15. The number of benzene rings is 2. The quantitative estimate of drug-likeness (QED) is 0.133. The third kappa shape index (κ3) is 9.22. The molecule has 2 aromatic rings. The zero-order chi connectivity index (χ0) is 28.7. The van der Waals surface area contributed by atoms with Crippen LogP contribution in [0.15, 0.2) is 54.1 Å². The van der Waals surface area contributed by atoms with E-state index in [9.17, 15) is 5.84 Å². The maximum atomic E-state index is 9.40. The summed E-state index contributed by atoms with van der Waals surface area (Å²) in [5.74, 6) is 9.40. The average Bonchev–Trinajstić information content (AvgIpc) is 3.29. The Balaban J connectivity index is 2.02. The Bertz CT molecular complexity index is 1110. The molecular weight excluding hydrogens is 484 g/mol. The molecule has 2 nitrogen and oxygen atoms in total. The van der Waals surface area contributed by atoms with Crippen molar-refractivity contribution < 1.29 is 4.68 Å². The van der Waals surface area contributed by atoms with E-state index in [1.54, 1.807) is 4.68 Å². The van der Waals surface area contributed by atoms with Gasteiger partial charge in [-0.05, 0) is 105 Å². The molecule has 0 saturated heterocycles. The molecule has 0 saturated carbocycles. The molecule has 0 unspecified atom stereocenters. The molecule has 0 spiro atoms. The van der Waals surface area contributed by atoms with Gasteiger partial charge in [-0.25, -0.2) is 4.68 Å². The number of unbranched alkanes of at least 4 members (excludes halogenated alkanes) is 8. The van der Waals surface area contributed by atoms with E-state index in [2.05, 4.69) is 83.2 Å². The Kier molecular flexibility index (Phi) is 13.8. The highest BCUT2D eigenvalue weighted by Crippen LogP contribution is 2.31. The van der Waals surface area contributed by atoms with Gasteiger partial charge in [0.25, 0.3) is 0 Å². The minimum absolute atomic E-state index is 1.01. The van der Waals surface area contributed by atoms with Crippen molar-refractivity contribution in [2.45, 2.75) is 137 Å². The van der Waals surface area contributed by atoms with E-state index < -0.39 is 0 Å². The Hall–Kier alpha value is -2.61. The number of hydrogen-bond donors (Lipinski definition) is 0. The fourth-order valence-electron chi connectivity index (χ4n) is 5.96. The minimum atomic E-state index is 1.01. The lowest BCUT2D eigenvalue weighted by Gasteiger charge is -2.13. The molecular formula is C38H56N2. The second-order valence-corrected chi connectivity index (χ2v) is 11.9. The largest absolute Gasteiger partial charge is 0.448 e.